The van der Waals surface area contributed by atoms with Crippen molar-refractivity contribution in [2.75, 3.05) is 11.9 Å². The van der Waals surface area contributed by atoms with Crippen LogP contribution in [0.3, 0.4) is 0 Å². The Morgan fingerprint density at radius 3 is 2.52 bits per heavy atom. The Bertz CT molecular complexity index is 686. The van der Waals surface area contributed by atoms with Crippen molar-refractivity contribution in [1.82, 2.24) is 15.6 Å². The summed E-state index contributed by atoms with van der Waals surface area (Å²) in [5.41, 5.74) is 2.14. The Morgan fingerprint density at radius 1 is 1.12 bits per heavy atom. The number of pyridine rings is 1. The number of aromatic nitrogens is 1. The second-order valence-electron chi connectivity index (χ2n) is 5.81. The molecule has 1 atom stereocenters. The SMILES string of the molecule is CCC(C)NC(=O)c1ccc(NC(=O)NCCc2ccccn2)cc1. The molecular weight excluding hydrogens is 316 g/mol. The zero-order chi connectivity index (χ0) is 18.1. The van der Waals surface area contributed by atoms with Gasteiger partial charge < -0.3 is 16.0 Å². The van der Waals surface area contributed by atoms with Crippen LogP contribution in [0.2, 0.25) is 0 Å². The summed E-state index contributed by atoms with van der Waals surface area (Å²) in [6.07, 6.45) is 3.28. The van der Waals surface area contributed by atoms with E-state index >= 15 is 0 Å². The zero-order valence-corrected chi connectivity index (χ0v) is 14.6. The molecule has 0 aliphatic heterocycles. The van der Waals surface area contributed by atoms with E-state index < -0.39 is 0 Å². The quantitative estimate of drug-likeness (QED) is 0.724. The fourth-order valence-electron chi connectivity index (χ4n) is 2.14. The lowest BCUT2D eigenvalue weighted by atomic mass is 10.1. The van der Waals surface area contributed by atoms with Gasteiger partial charge in [0.25, 0.3) is 5.91 Å². The summed E-state index contributed by atoms with van der Waals surface area (Å²) in [6.45, 7) is 4.48. The van der Waals surface area contributed by atoms with E-state index in [1.165, 1.54) is 0 Å². The van der Waals surface area contributed by atoms with Crippen LogP contribution in [0.25, 0.3) is 0 Å². The zero-order valence-electron chi connectivity index (χ0n) is 14.6. The van der Waals surface area contributed by atoms with Gasteiger partial charge in [0, 0.05) is 42.1 Å². The van der Waals surface area contributed by atoms with E-state index in [-0.39, 0.29) is 18.0 Å². The number of benzene rings is 1. The van der Waals surface area contributed by atoms with E-state index in [0.717, 1.165) is 12.1 Å². The second-order valence-corrected chi connectivity index (χ2v) is 5.81. The smallest absolute Gasteiger partial charge is 0.319 e. The first-order valence-electron chi connectivity index (χ1n) is 8.44. The molecule has 2 rings (SSSR count). The van der Waals surface area contributed by atoms with Crippen molar-refractivity contribution in [1.29, 1.82) is 0 Å². The van der Waals surface area contributed by atoms with Gasteiger partial charge in [0.1, 0.15) is 0 Å². The summed E-state index contributed by atoms with van der Waals surface area (Å²) in [4.78, 5) is 28.1. The number of anilines is 1. The largest absolute Gasteiger partial charge is 0.350 e. The average Bonchev–Trinajstić information content (AvgIpc) is 2.63. The van der Waals surface area contributed by atoms with Crippen LogP contribution in [-0.4, -0.2) is 29.5 Å². The molecule has 1 unspecified atom stereocenters. The van der Waals surface area contributed by atoms with Crippen LogP contribution in [0, 0.1) is 0 Å². The minimum Gasteiger partial charge on any atom is -0.350 e. The fraction of sp³-hybridized carbons (Fsp3) is 0.316. The molecule has 0 aliphatic carbocycles. The third kappa shape index (κ3) is 6.25. The molecule has 3 amide bonds. The molecule has 0 fully saturated rings. The van der Waals surface area contributed by atoms with E-state index in [9.17, 15) is 9.59 Å². The monoisotopic (exact) mass is 340 g/mol. The van der Waals surface area contributed by atoms with Gasteiger partial charge in [-0.25, -0.2) is 4.79 Å². The highest BCUT2D eigenvalue weighted by Gasteiger charge is 2.08. The van der Waals surface area contributed by atoms with Crippen molar-refractivity contribution in [2.45, 2.75) is 32.7 Å². The van der Waals surface area contributed by atoms with Crippen LogP contribution in [0.15, 0.2) is 48.7 Å². The first-order chi connectivity index (χ1) is 12.1. The first-order valence-corrected chi connectivity index (χ1v) is 8.44. The van der Waals surface area contributed by atoms with Crippen molar-refractivity contribution in [3.8, 4) is 0 Å². The normalized spacial score (nSPS) is 11.4. The van der Waals surface area contributed by atoms with Gasteiger partial charge in [0.15, 0.2) is 0 Å². The predicted octanol–water partition coefficient (Wildman–Crippen LogP) is 2.97. The number of nitrogens with zero attached hydrogens (tertiary/aromatic N) is 1. The maximum atomic E-state index is 12.0. The van der Waals surface area contributed by atoms with E-state index in [0.29, 0.717) is 24.2 Å². The van der Waals surface area contributed by atoms with Gasteiger partial charge in [-0.05, 0) is 49.7 Å². The van der Waals surface area contributed by atoms with Crippen LogP contribution in [0.5, 0.6) is 0 Å². The highest BCUT2D eigenvalue weighted by atomic mass is 16.2. The maximum absolute atomic E-state index is 12.0. The molecule has 1 aromatic heterocycles. The summed E-state index contributed by atoms with van der Waals surface area (Å²) < 4.78 is 0. The highest BCUT2D eigenvalue weighted by molar-refractivity contribution is 5.95. The maximum Gasteiger partial charge on any atom is 0.319 e. The van der Waals surface area contributed by atoms with E-state index in [2.05, 4.69) is 20.9 Å². The topological polar surface area (TPSA) is 83.1 Å². The Kier molecular flexibility index (Phi) is 6.95. The van der Waals surface area contributed by atoms with Gasteiger partial charge in [-0.3, -0.25) is 9.78 Å². The van der Waals surface area contributed by atoms with E-state index in [1.54, 1.807) is 30.5 Å². The van der Waals surface area contributed by atoms with Gasteiger partial charge in [0.2, 0.25) is 0 Å². The molecule has 3 N–H and O–H groups in total. The number of hydrogen-bond donors (Lipinski definition) is 3. The molecule has 0 bridgehead atoms. The number of rotatable bonds is 7. The molecule has 0 aliphatic rings. The van der Waals surface area contributed by atoms with Gasteiger partial charge in [-0.15, -0.1) is 0 Å². The fourth-order valence-corrected chi connectivity index (χ4v) is 2.14. The average molecular weight is 340 g/mol. The standard InChI is InChI=1S/C19H24N4O2/c1-3-14(2)22-18(24)15-7-9-17(10-8-15)23-19(25)21-13-11-16-6-4-5-12-20-16/h4-10,12,14H,3,11,13H2,1-2H3,(H,22,24)(H2,21,23,25). The minimum atomic E-state index is -0.285. The summed E-state index contributed by atoms with van der Waals surface area (Å²) in [7, 11) is 0. The molecule has 132 valence electrons. The Hall–Kier alpha value is -2.89. The number of carbonyl (C=O) groups excluding carboxylic acids is 2. The van der Waals surface area contributed by atoms with Crippen LogP contribution < -0.4 is 16.0 Å². The van der Waals surface area contributed by atoms with E-state index in [4.69, 9.17) is 0 Å². The highest BCUT2D eigenvalue weighted by Crippen LogP contribution is 2.10. The molecule has 25 heavy (non-hydrogen) atoms. The Morgan fingerprint density at radius 2 is 1.88 bits per heavy atom. The van der Waals surface area contributed by atoms with Crippen molar-refractivity contribution in [3.63, 3.8) is 0 Å². The van der Waals surface area contributed by atoms with Crippen molar-refractivity contribution >= 4 is 17.6 Å². The molecule has 6 nitrogen and oxygen atoms in total. The third-order valence-corrected chi connectivity index (χ3v) is 3.79. The predicted molar refractivity (Wildman–Crippen MR) is 98.6 cm³/mol. The summed E-state index contributed by atoms with van der Waals surface area (Å²) >= 11 is 0. The lowest BCUT2D eigenvalue weighted by Gasteiger charge is -2.12. The molecule has 1 heterocycles. The van der Waals surface area contributed by atoms with Crippen molar-refractivity contribution < 1.29 is 9.59 Å². The summed E-state index contributed by atoms with van der Waals surface area (Å²) in [5, 5.41) is 8.43. The van der Waals surface area contributed by atoms with Crippen LogP contribution in [-0.2, 0) is 6.42 Å². The van der Waals surface area contributed by atoms with E-state index in [1.807, 2.05) is 32.0 Å². The lowest BCUT2D eigenvalue weighted by molar-refractivity contribution is 0.0939. The Balaban J connectivity index is 1.78. The summed E-state index contributed by atoms with van der Waals surface area (Å²) in [6, 6.07) is 12.4. The number of amides is 3. The molecule has 0 saturated heterocycles. The van der Waals surface area contributed by atoms with Gasteiger partial charge in [-0.2, -0.15) is 0 Å². The van der Waals surface area contributed by atoms with Crippen LogP contribution in [0.1, 0.15) is 36.3 Å². The number of hydrogen-bond acceptors (Lipinski definition) is 3. The molecule has 1 aromatic carbocycles. The number of carbonyl (C=O) groups is 2. The Labute approximate surface area is 148 Å². The minimum absolute atomic E-state index is 0.110. The molecule has 0 radical (unpaired) electrons. The number of nitrogens with one attached hydrogen (secondary N) is 3. The molecular formula is C19H24N4O2. The van der Waals surface area contributed by atoms with Gasteiger partial charge in [-0.1, -0.05) is 13.0 Å². The summed E-state index contributed by atoms with van der Waals surface area (Å²) in [5.74, 6) is -0.110. The molecule has 0 saturated carbocycles. The number of urea groups is 1. The van der Waals surface area contributed by atoms with Gasteiger partial charge >= 0.3 is 6.03 Å². The van der Waals surface area contributed by atoms with Crippen LogP contribution in [0.4, 0.5) is 10.5 Å². The second kappa shape index (κ2) is 9.42. The first kappa shape index (κ1) is 18.4. The van der Waals surface area contributed by atoms with Crippen LogP contribution >= 0.6 is 0 Å². The van der Waals surface area contributed by atoms with Gasteiger partial charge in [0.05, 0.1) is 0 Å². The van der Waals surface area contributed by atoms with Crippen molar-refractivity contribution in [2.24, 2.45) is 0 Å². The molecule has 6 heteroatoms. The molecule has 0 spiro atoms. The van der Waals surface area contributed by atoms with Crippen molar-refractivity contribution in [3.05, 3.63) is 59.9 Å². The molecule has 2 aromatic rings. The third-order valence-electron chi connectivity index (χ3n) is 3.79. The lowest BCUT2D eigenvalue weighted by Crippen LogP contribution is -2.32.